The number of aromatic nitrogens is 1. The molecule has 152 valence electrons. The van der Waals surface area contributed by atoms with E-state index in [1.54, 1.807) is 48.8 Å². The summed E-state index contributed by atoms with van der Waals surface area (Å²) in [5.74, 6) is -0.947. The normalized spacial score (nSPS) is 18.5. The molecule has 1 fully saturated rings. The number of hydrogen-bond donors (Lipinski definition) is 1. The van der Waals surface area contributed by atoms with Gasteiger partial charge in [0.15, 0.2) is 0 Å². The Kier molecular flexibility index (Phi) is 6.29. The molecule has 1 aliphatic heterocycles. The molecule has 0 aliphatic carbocycles. The highest BCUT2D eigenvalue weighted by Gasteiger charge is 2.45. The summed E-state index contributed by atoms with van der Waals surface area (Å²) in [6.45, 7) is 4.34. The van der Waals surface area contributed by atoms with Crippen molar-refractivity contribution in [2.45, 2.75) is 26.0 Å². The number of methoxy groups -OCH3 is 1. The number of carbonyl (C=O) groups excluding carboxylic acids is 2. The van der Waals surface area contributed by atoms with Gasteiger partial charge in [0.1, 0.15) is 11.5 Å². The summed E-state index contributed by atoms with van der Waals surface area (Å²) in [5, 5.41) is 10.9. The molecule has 0 bridgehead atoms. The summed E-state index contributed by atoms with van der Waals surface area (Å²) in [6.07, 6.45) is 3.19. The van der Waals surface area contributed by atoms with Crippen molar-refractivity contribution < 1.29 is 24.2 Å². The predicted molar refractivity (Wildman–Crippen MR) is 107 cm³/mol. The van der Waals surface area contributed by atoms with Crippen molar-refractivity contribution in [3.63, 3.8) is 0 Å². The Hall–Kier alpha value is -3.19. The Morgan fingerprint density at radius 1 is 1.14 bits per heavy atom. The molecule has 1 aromatic heterocycles. The summed E-state index contributed by atoms with van der Waals surface area (Å²) < 4.78 is 10.7. The lowest BCUT2D eigenvalue weighted by Crippen LogP contribution is -2.32. The number of amides is 1. The minimum Gasteiger partial charge on any atom is -0.507 e. The second-order valence-corrected chi connectivity index (χ2v) is 6.96. The van der Waals surface area contributed by atoms with E-state index in [1.165, 1.54) is 12.0 Å². The van der Waals surface area contributed by atoms with E-state index in [4.69, 9.17) is 9.47 Å². The van der Waals surface area contributed by atoms with Crippen LogP contribution in [-0.2, 0) is 14.3 Å². The number of rotatable bonds is 7. The van der Waals surface area contributed by atoms with Gasteiger partial charge in [-0.25, -0.2) is 0 Å². The van der Waals surface area contributed by atoms with Gasteiger partial charge in [-0.05, 0) is 55.8 Å². The van der Waals surface area contributed by atoms with Crippen molar-refractivity contribution in [2.75, 3.05) is 20.3 Å². The third kappa shape index (κ3) is 4.30. The third-order valence-corrected chi connectivity index (χ3v) is 4.60. The number of benzene rings is 1. The number of aliphatic hydroxyl groups excluding tert-OH is 1. The van der Waals surface area contributed by atoms with Gasteiger partial charge in [-0.15, -0.1) is 0 Å². The van der Waals surface area contributed by atoms with E-state index in [2.05, 4.69) is 4.98 Å². The highest BCUT2D eigenvalue weighted by atomic mass is 16.5. The number of likely N-dealkylation sites (tertiary alicyclic amines) is 1. The standard InChI is InChI=1S/C22H24N2O5/c1-14(2)29-17-6-4-16(5-7-17)20(25)18-19(15-8-10-23-11-9-15)24(12-13-28-3)22(27)21(18)26/h4-11,14,19,25H,12-13H2,1-3H3/b20-18+/t19-/m1/s1. The van der Waals surface area contributed by atoms with E-state index in [0.29, 0.717) is 16.9 Å². The predicted octanol–water partition coefficient (Wildman–Crippen LogP) is 2.94. The van der Waals surface area contributed by atoms with Crippen LogP contribution in [0.1, 0.15) is 31.0 Å². The number of pyridine rings is 1. The van der Waals surface area contributed by atoms with E-state index in [9.17, 15) is 14.7 Å². The highest BCUT2D eigenvalue weighted by Crippen LogP contribution is 2.39. The first kappa shape index (κ1) is 20.5. The van der Waals surface area contributed by atoms with Crippen LogP contribution < -0.4 is 4.74 Å². The Balaban J connectivity index is 2.05. The van der Waals surface area contributed by atoms with Crippen LogP contribution in [0.25, 0.3) is 5.76 Å². The van der Waals surface area contributed by atoms with Crippen molar-refractivity contribution in [1.82, 2.24) is 9.88 Å². The van der Waals surface area contributed by atoms with Crippen LogP contribution in [0.3, 0.4) is 0 Å². The molecule has 0 radical (unpaired) electrons. The summed E-state index contributed by atoms with van der Waals surface area (Å²) in [7, 11) is 1.53. The molecule has 29 heavy (non-hydrogen) atoms. The van der Waals surface area contributed by atoms with Crippen molar-refractivity contribution in [2.24, 2.45) is 0 Å². The molecule has 1 N–H and O–H groups in total. The van der Waals surface area contributed by atoms with E-state index in [1.807, 2.05) is 13.8 Å². The molecule has 1 saturated heterocycles. The molecule has 0 unspecified atom stereocenters. The molecular formula is C22H24N2O5. The van der Waals surface area contributed by atoms with Crippen molar-refractivity contribution in [3.8, 4) is 5.75 Å². The summed E-state index contributed by atoms with van der Waals surface area (Å²) in [5.41, 5.74) is 1.18. The number of Topliss-reactive ketones (excluding diaryl/α,β-unsaturated/α-hetero) is 1. The lowest BCUT2D eigenvalue weighted by atomic mass is 9.96. The minimum absolute atomic E-state index is 0.0206. The summed E-state index contributed by atoms with van der Waals surface area (Å²) >= 11 is 0. The van der Waals surface area contributed by atoms with Crippen LogP contribution in [0.5, 0.6) is 5.75 Å². The maximum Gasteiger partial charge on any atom is 0.295 e. The van der Waals surface area contributed by atoms with Crippen LogP contribution in [0.2, 0.25) is 0 Å². The topological polar surface area (TPSA) is 89.0 Å². The van der Waals surface area contributed by atoms with Crippen LogP contribution in [0, 0.1) is 0 Å². The quantitative estimate of drug-likeness (QED) is 0.440. The van der Waals surface area contributed by atoms with Crippen molar-refractivity contribution in [3.05, 3.63) is 65.5 Å². The molecule has 1 amide bonds. The third-order valence-electron chi connectivity index (χ3n) is 4.60. The fourth-order valence-electron chi connectivity index (χ4n) is 3.31. The molecule has 1 atom stereocenters. The van der Waals surface area contributed by atoms with Gasteiger partial charge in [-0.3, -0.25) is 14.6 Å². The van der Waals surface area contributed by atoms with E-state index in [-0.39, 0.29) is 30.6 Å². The monoisotopic (exact) mass is 396 g/mol. The van der Waals surface area contributed by atoms with E-state index >= 15 is 0 Å². The average molecular weight is 396 g/mol. The molecule has 1 aliphatic rings. The minimum atomic E-state index is -0.720. The first-order valence-electron chi connectivity index (χ1n) is 9.38. The van der Waals surface area contributed by atoms with E-state index < -0.39 is 17.7 Å². The first-order chi connectivity index (χ1) is 13.9. The Labute approximate surface area is 169 Å². The van der Waals surface area contributed by atoms with Crippen LogP contribution in [0.15, 0.2) is 54.4 Å². The molecule has 1 aromatic carbocycles. The lowest BCUT2D eigenvalue weighted by Gasteiger charge is -2.24. The number of hydrogen-bond acceptors (Lipinski definition) is 6. The molecule has 0 spiro atoms. The summed E-state index contributed by atoms with van der Waals surface area (Å²) in [4.78, 5) is 30.9. The van der Waals surface area contributed by atoms with E-state index in [0.717, 1.165) is 0 Å². The van der Waals surface area contributed by atoms with Gasteiger partial charge in [-0.2, -0.15) is 0 Å². The van der Waals surface area contributed by atoms with Gasteiger partial charge in [0, 0.05) is 31.6 Å². The maximum absolute atomic E-state index is 12.8. The number of aliphatic hydroxyl groups is 1. The second kappa shape index (κ2) is 8.87. The largest absolute Gasteiger partial charge is 0.507 e. The van der Waals surface area contributed by atoms with Crippen LogP contribution in [-0.4, -0.2) is 53.0 Å². The zero-order chi connectivity index (χ0) is 21.0. The number of carbonyl (C=O) groups is 2. The molecule has 3 rings (SSSR count). The lowest BCUT2D eigenvalue weighted by molar-refractivity contribution is -0.140. The molecule has 2 heterocycles. The Morgan fingerprint density at radius 2 is 1.79 bits per heavy atom. The number of nitrogens with zero attached hydrogens (tertiary/aromatic N) is 2. The van der Waals surface area contributed by atoms with Gasteiger partial charge in [0.25, 0.3) is 11.7 Å². The zero-order valence-corrected chi connectivity index (χ0v) is 16.7. The van der Waals surface area contributed by atoms with Crippen molar-refractivity contribution in [1.29, 1.82) is 0 Å². The smallest absolute Gasteiger partial charge is 0.295 e. The molecule has 0 saturated carbocycles. The fourth-order valence-corrected chi connectivity index (χ4v) is 3.31. The molecule has 2 aromatic rings. The molecule has 7 heteroatoms. The van der Waals surface area contributed by atoms with Crippen LogP contribution in [0.4, 0.5) is 0 Å². The van der Waals surface area contributed by atoms with Gasteiger partial charge < -0.3 is 19.5 Å². The van der Waals surface area contributed by atoms with Gasteiger partial charge in [0.2, 0.25) is 0 Å². The Morgan fingerprint density at radius 3 is 2.38 bits per heavy atom. The highest BCUT2D eigenvalue weighted by molar-refractivity contribution is 6.46. The number of ether oxygens (including phenoxy) is 2. The molecule has 7 nitrogen and oxygen atoms in total. The number of ketones is 1. The summed E-state index contributed by atoms with van der Waals surface area (Å²) in [6, 6.07) is 9.51. The maximum atomic E-state index is 12.8. The van der Waals surface area contributed by atoms with Crippen LogP contribution >= 0.6 is 0 Å². The Bertz CT molecular complexity index is 907. The van der Waals surface area contributed by atoms with Gasteiger partial charge in [0.05, 0.1) is 24.3 Å². The zero-order valence-electron chi connectivity index (χ0n) is 16.7. The first-order valence-corrected chi connectivity index (χ1v) is 9.38. The average Bonchev–Trinajstić information content (AvgIpc) is 2.97. The molecular weight excluding hydrogens is 372 g/mol. The van der Waals surface area contributed by atoms with Crippen molar-refractivity contribution >= 4 is 17.4 Å². The van der Waals surface area contributed by atoms with Gasteiger partial charge in [-0.1, -0.05) is 0 Å². The SMILES string of the molecule is COCCN1C(=O)C(=O)/C(=C(/O)c2ccc(OC(C)C)cc2)[C@H]1c1ccncc1. The van der Waals surface area contributed by atoms with Gasteiger partial charge >= 0.3 is 0 Å². The second-order valence-electron chi connectivity index (χ2n) is 6.96. The fraction of sp³-hybridized carbons (Fsp3) is 0.318.